The van der Waals surface area contributed by atoms with Gasteiger partial charge in [-0.3, -0.25) is 10.1 Å². The van der Waals surface area contributed by atoms with Crippen molar-refractivity contribution in [3.63, 3.8) is 0 Å². The van der Waals surface area contributed by atoms with Gasteiger partial charge >= 0.3 is 0 Å². The van der Waals surface area contributed by atoms with E-state index in [1.807, 2.05) is 45.2 Å². The maximum atomic E-state index is 12.6. The number of benzene rings is 2. The summed E-state index contributed by atoms with van der Waals surface area (Å²) < 4.78 is 0. The first-order valence-corrected chi connectivity index (χ1v) is 21.6. The van der Waals surface area contributed by atoms with Gasteiger partial charge in [-0.1, -0.05) is 96.6 Å². The summed E-state index contributed by atoms with van der Waals surface area (Å²) in [5.74, 6) is -0.519. The van der Waals surface area contributed by atoms with Crippen LogP contribution in [0, 0.1) is 23.2 Å². The molecule has 0 saturated heterocycles. The van der Waals surface area contributed by atoms with E-state index in [9.17, 15) is 30.3 Å². The molecular weight excluding hydrogens is 725 g/mol. The molecule has 0 unspecified atom stereocenters. The van der Waals surface area contributed by atoms with E-state index in [4.69, 9.17) is 0 Å². The van der Waals surface area contributed by atoms with Crippen molar-refractivity contribution in [1.29, 1.82) is 0 Å². The average molecular weight is 795 g/mol. The molecule has 8 heteroatoms. The van der Waals surface area contributed by atoms with Crippen molar-refractivity contribution in [1.82, 2.24) is 10.6 Å². The van der Waals surface area contributed by atoms with Gasteiger partial charge < -0.3 is 30.8 Å². The van der Waals surface area contributed by atoms with Crippen LogP contribution in [0.15, 0.2) is 113 Å². The van der Waals surface area contributed by atoms with Crippen LogP contribution in [0.2, 0.25) is 0 Å². The van der Waals surface area contributed by atoms with Crippen LogP contribution in [0.3, 0.4) is 0 Å². The van der Waals surface area contributed by atoms with E-state index in [1.54, 1.807) is 0 Å². The molecular formula is C50H70N2O6. The van der Waals surface area contributed by atoms with Gasteiger partial charge in [-0.15, -0.1) is 0 Å². The molecule has 2 fully saturated rings. The van der Waals surface area contributed by atoms with Gasteiger partial charge in [0.05, 0.1) is 18.3 Å². The number of rotatable bonds is 15. The maximum absolute atomic E-state index is 12.6. The minimum absolute atomic E-state index is 0.0171. The molecule has 3 aliphatic rings. The minimum atomic E-state index is -1.20. The number of carbonyl (C=O) groups is 1. The number of aliphatic hydroxyl groups is 5. The lowest BCUT2D eigenvalue weighted by Crippen LogP contribution is -2.61. The van der Waals surface area contributed by atoms with Crippen LogP contribution in [-0.4, -0.2) is 82.6 Å². The Bertz CT molecular complexity index is 1800. The summed E-state index contributed by atoms with van der Waals surface area (Å²) in [6.07, 6.45) is 14.1. The van der Waals surface area contributed by atoms with E-state index >= 15 is 0 Å². The summed E-state index contributed by atoms with van der Waals surface area (Å²) in [6.45, 7) is 10.8. The SMILES string of the molecule is C=C(C=CC=C(CO)[C@H]1CC[C@]2([C@@H]1O)[C@@H](CCCO)C(=C(C)C=O)CC[C@]2(O)CCNC)[C@H]1CC=C(C)[C@@H](O)N[C@H](C)Cc2cccc(c2)[C@@H]1CCc1ccccc1. The first kappa shape index (κ1) is 45.6. The molecule has 2 aliphatic carbocycles. The Balaban J connectivity index is 1.49. The first-order chi connectivity index (χ1) is 27.9. The number of nitrogens with one attached hydrogen (secondary N) is 2. The molecule has 0 aromatic heterocycles. The summed E-state index contributed by atoms with van der Waals surface area (Å²) in [5.41, 5.74) is 5.74. The van der Waals surface area contributed by atoms with Crippen LogP contribution in [-0.2, 0) is 17.6 Å². The van der Waals surface area contributed by atoms with Crippen molar-refractivity contribution in [3.05, 3.63) is 130 Å². The molecule has 1 spiro atoms. The van der Waals surface area contributed by atoms with E-state index in [0.29, 0.717) is 69.1 Å². The van der Waals surface area contributed by atoms with Crippen LogP contribution in [0.5, 0.6) is 0 Å². The third kappa shape index (κ3) is 10.3. The monoisotopic (exact) mass is 795 g/mol. The maximum Gasteiger partial charge on any atom is 0.145 e. The molecule has 2 aromatic rings. The predicted molar refractivity (Wildman–Crippen MR) is 234 cm³/mol. The molecule has 5 rings (SSSR count). The summed E-state index contributed by atoms with van der Waals surface area (Å²) in [4.78, 5) is 12.1. The largest absolute Gasteiger partial charge is 0.396 e. The Morgan fingerprint density at radius 2 is 1.83 bits per heavy atom. The van der Waals surface area contributed by atoms with Crippen LogP contribution in [0.1, 0.15) is 101 Å². The molecule has 2 aromatic carbocycles. The summed E-state index contributed by atoms with van der Waals surface area (Å²) in [5, 5.41) is 63.5. The van der Waals surface area contributed by atoms with E-state index < -0.39 is 29.3 Å². The van der Waals surface area contributed by atoms with Crippen molar-refractivity contribution in [2.75, 3.05) is 26.8 Å². The van der Waals surface area contributed by atoms with Crippen molar-refractivity contribution < 1.29 is 30.3 Å². The standard InChI is InChI=1S/C50H70N2O6/c1-34(42-21-19-35(2)48(57)52-37(4)30-39-15-10-16-40(31-39)44(42)22-20-38-13-7-6-8-14-38)12-9-17-41(33-55)45-24-26-50(47(45)56)46(18-11-29-53)43(36(3)32-54)23-25-49(50,58)27-28-51-5/h6-10,12-17,19,31-32,37,42,44-48,51-53,55-58H,1,11,18,20-30,33H2,2-5H3/t37-,42-,44+,45-,46+,47-,48-,49+,50-/m1/s1. The van der Waals surface area contributed by atoms with Crippen molar-refractivity contribution in [2.24, 2.45) is 23.2 Å². The highest BCUT2D eigenvalue weighted by molar-refractivity contribution is 5.74. The number of aldehydes is 1. The lowest BCUT2D eigenvalue weighted by atomic mass is 9.51. The lowest BCUT2D eigenvalue weighted by Gasteiger charge is -2.57. The molecule has 0 radical (unpaired) electrons. The van der Waals surface area contributed by atoms with Gasteiger partial charge in [0.25, 0.3) is 0 Å². The number of hydrogen-bond acceptors (Lipinski definition) is 8. The number of aryl methyl sites for hydroxylation is 1. The first-order valence-electron chi connectivity index (χ1n) is 21.6. The number of allylic oxidation sites excluding steroid dienone is 7. The van der Waals surface area contributed by atoms with Gasteiger partial charge in [0.15, 0.2) is 0 Å². The fraction of sp³-hybridized carbons (Fsp3) is 0.540. The van der Waals surface area contributed by atoms with Gasteiger partial charge in [-0.2, -0.15) is 0 Å². The molecule has 58 heavy (non-hydrogen) atoms. The van der Waals surface area contributed by atoms with Gasteiger partial charge in [0.1, 0.15) is 12.5 Å². The smallest absolute Gasteiger partial charge is 0.145 e. The predicted octanol–water partition coefficient (Wildman–Crippen LogP) is 7.04. The van der Waals surface area contributed by atoms with Crippen LogP contribution >= 0.6 is 0 Å². The van der Waals surface area contributed by atoms with Crippen molar-refractivity contribution in [2.45, 2.75) is 121 Å². The summed E-state index contributed by atoms with van der Waals surface area (Å²) >= 11 is 0. The molecule has 1 heterocycles. The molecule has 1 aliphatic heterocycles. The van der Waals surface area contributed by atoms with Gasteiger partial charge in [-0.25, -0.2) is 0 Å². The third-order valence-corrected chi connectivity index (χ3v) is 13.9. The van der Waals surface area contributed by atoms with Crippen LogP contribution in [0.25, 0.3) is 0 Å². The highest BCUT2D eigenvalue weighted by Gasteiger charge is 2.65. The Kier molecular flexibility index (Phi) is 16.6. The van der Waals surface area contributed by atoms with Gasteiger partial charge in [0.2, 0.25) is 0 Å². The topological polar surface area (TPSA) is 142 Å². The number of fused-ring (bicyclic) bond motifs is 2. The zero-order chi connectivity index (χ0) is 41.9. The Labute approximate surface area is 347 Å². The van der Waals surface area contributed by atoms with Gasteiger partial charge in [-0.05, 0) is 156 Å². The van der Waals surface area contributed by atoms with Crippen LogP contribution < -0.4 is 10.6 Å². The van der Waals surface area contributed by atoms with Gasteiger partial charge in [0, 0.05) is 24.0 Å². The second kappa shape index (κ2) is 21.2. The zero-order valence-electron chi connectivity index (χ0n) is 35.4. The Morgan fingerprint density at radius 1 is 1.05 bits per heavy atom. The van der Waals surface area contributed by atoms with Crippen LogP contribution in [0.4, 0.5) is 0 Å². The minimum Gasteiger partial charge on any atom is -0.396 e. The molecule has 316 valence electrons. The number of hydrogen-bond donors (Lipinski definition) is 7. The fourth-order valence-electron chi connectivity index (χ4n) is 10.7. The fourth-order valence-corrected chi connectivity index (χ4v) is 10.7. The van der Waals surface area contributed by atoms with E-state index in [-0.39, 0.29) is 37.0 Å². The molecule has 0 amide bonds. The average Bonchev–Trinajstić information content (AvgIpc) is 3.56. The zero-order valence-corrected chi connectivity index (χ0v) is 35.4. The highest BCUT2D eigenvalue weighted by Crippen LogP contribution is 2.64. The molecule has 9 atom stereocenters. The lowest BCUT2D eigenvalue weighted by molar-refractivity contribution is -0.180. The quantitative estimate of drug-likeness (QED) is 0.0441. The molecule has 2 bridgehead atoms. The van der Waals surface area contributed by atoms with Crippen molar-refractivity contribution in [3.8, 4) is 0 Å². The number of carbonyl (C=O) groups excluding carboxylic acids is 1. The third-order valence-electron chi connectivity index (χ3n) is 13.9. The summed E-state index contributed by atoms with van der Waals surface area (Å²) in [7, 11) is 1.86. The summed E-state index contributed by atoms with van der Waals surface area (Å²) in [6, 6.07) is 19.5. The molecule has 2 saturated carbocycles. The second-order valence-electron chi connectivity index (χ2n) is 17.4. The van der Waals surface area contributed by atoms with E-state index in [1.165, 1.54) is 16.7 Å². The Morgan fingerprint density at radius 3 is 2.53 bits per heavy atom. The molecule has 7 N–H and O–H groups in total. The Hall–Kier alpha value is -3.47. The molecule has 8 nitrogen and oxygen atoms in total. The highest BCUT2D eigenvalue weighted by atomic mass is 16.3. The number of aliphatic hydroxyl groups excluding tert-OH is 4. The second-order valence-corrected chi connectivity index (χ2v) is 17.4. The normalized spacial score (nSPS) is 31.8. The van der Waals surface area contributed by atoms with Crippen molar-refractivity contribution >= 4 is 6.29 Å². The van der Waals surface area contributed by atoms with E-state index in [2.05, 4.69) is 78.7 Å². The van der Waals surface area contributed by atoms with E-state index in [0.717, 1.165) is 42.3 Å².